The molecule has 0 fully saturated rings. The quantitative estimate of drug-likeness (QED) is 0.451. The number of nitrogens with zero attached hydrogens (tertiary/aromatic N) is 3. The first-order chi connectivity index (χ1) is 11.0. The van der Waals surface area contributed by atoms with Crippen LogP contribution in [0.25, 0.3) is 22.8 Å². The molecular formula is C21H23N3O2Ru-. The summed E-state index contributed by atoms with van der Waals surface area (Å²) < 4.78 is 0. The molecule has 3 aromatic rings. The number of carbonyl (C=O) groups is 1. The number of aromatic nitrogens is 3. The molecule has 0 aliphatic carbocycles. The molecule has 3 rings (SSSR count). The Morgan fingerprint density at radius 3 is 1.78 bits per heavy atom. The largest absolute Gasteiger partial charge is 3.00 e. The van der Waals surface area contributed by atoms with Gasteiger partial charge in [0.2, 0.25) is 0 Å². The minimum Gasteiger partial charge on any atom is -0.545 e. The van der Waals surface area contributed by atoms with Gasteiger partial charge in [-0.1, -0.05) is 0 Å². The summed E-state index contributed by atoms with van der Waals surface area (Å²) in [6, 6.07) is 10.5. The van der Waals surface area contributed by atoms with Gasteiger partial charge in [0.25, 0.3) is 0 Å². The predicted octanol–water partition coefficient (Wildman–Crippen LogP) is 3.53. The molecule has 0 aliphatic rings. The van der Waals surface area contributed by atoms with Crippen LogP contribution in [0.15, 0.2) is 48.8 Å². The number of pyridine rings is 3. The van der Waals surface area contributed by atoms with Crippen molar-refractivity contribution in [2.45, 2.75) is 13.8 Å². The molecule has 3 aromatic heterocycles. The number of carboxylic acid groups (broad SMARTS) is 1. The van der Waals surface area contributed by atoms with Crippen LogP contribution in [0.3, 0.4) is 0 Å². The van der Waals surface area contributed by atoms with Gasteiger partial charge < -0.3 is 32.2 Å². The molecule has 0 aliphatic heterocycles. The van der Waals surface area contributed by atoms with Crippen molar-refractivity contribution in [3.8, 4) is 22.8 Å². The number of carbonyl (C=O) groups excluding carboxylic acids is 1. The number of hydrogen-bond acceptors (Lipinski definition) is 5. The minimum atomic E-state index is -1.23. The molecule has 0 spiro atoms. The second-order valence-corrected chi connectivity index (χ2v) is 5.35. The van der Waals surface area contributed by atoms with Crippen LogP contribution in [0.2, 0.25) is 0 Å². The zero-order valence-corrected chi connectivity index (χ0v) is 17.9. The van der Waals surface area contributed by atoms with E-state index >= 15 is 0 Å². The maximum Gasteiger partial charge on any atom is 3.00 e. The minimum absolute atomic E-state index is 0. The Kier molecular flexibility index (Phi) is 11.2. The van der Waals surface area contributed by atoms with Gasteiger partial charge in [0.15, 0.2) is 0 Å². The van der Waals surface area contributed by atoms with Crippen LogP contribution >= 0.6 is 0 Å². The number of rotatable bonds is 3. The molecule has 27 heavy (non-hydrogen) atoms. The van der Waals surface area contributed by atoms with Crippen molar-refractivity contribution in [1.29, 1.82) is 0 Å². The molecule has 1 radical (unpaired) electrons. The van der Waals surface area contributed by atoms with E-state index in [0.717, 1.165) is 22.5 Å². The van der Waals surface area contributed by atoms with Crippen LogP contribution in [-0.4, -0.2) is 20.9 Å². The normalized spacial score (nSPS) is 8.96. The van der Waals surface area contributed by atoms with Gasteiger partial charge in [0, 0.05) is 18.0 Å². The van der Waals surface area contributed by atoms with Crippen LogP contribution in [-0.2, 0) is 19.5 Å². The maximum atomic E-state index is 11.0. The third-order valence-corrected chi connectivity index (χ3v) is 3.41. The Morgan fingerprint density at radius 1 is 0.778 bits per heavy atom. The fourth-order valence-electron chi connectivity index (χ4n) is 2.30. The molecule has 0 bridgehead atoms. The Bertz CT molecular complexity index is 898. The van der Waals surface area contributed by atoms with Crippen LogP contribution in [0.5, 0.6) is 0 Å². The number of hydrogen-bond donors (Lipinski definition) is 0. The van der Waals surface area contributed by atoms with Gasteiger partial charge in [0.1, 0.15) is 0 Å². The van der Waals surface area contributed by atoms with E-state index in [1.54, 1.807) is 6.20 Å². The van der Waals surface area contributed by atoms with Gasteiger partial charge in [-0.3, -0.25) is 9.97 Å². The zero-order chi connectivity index (χ0) is 16.4. The monoisotopic (exact) mass is 451 g/mol. The van der Waals surface area contributed by atoms with Crippen molar-refractivity contribution in [2.24, 2.45) is 0 Å². The van der Waals surface area contributed by atoms with Crippen molar-refractivity contribution >= 4 is 5.97 Å². The molecule has 0 saturated heterocycles. The van der Waals surface area contributed by atoms with E-state index < -0.39 is 5.97 Å². The second kappa shape index (κ2) is 11.3. The maximum absolute atomic E-state index is 11.0. The predicted molar refractivity (Wildman–Crippen MR) is 104 cm³/mol. The summed E-state index contributed by atoms with van der Waals surface area (Å²) >= 11 is 0. The van der Waals surface area contributed by atoms with Crippen molar-refractivity contribution in [3.63, 3.8) is 0 Å². The summed E-state index contributed by atoms with van der Waals surface area (Å²) in [4.78, 5) is 24.1. The fourth-order valence-corrected chi connectivity index (χ4v) is 2.30. The molecule has 0 saturated carbocycles. The zero-order valence-electron chi connectivity index (χ0n) is 16.1. The molecule has 0 atom stereocenters. The van der Waals surface area contributed by atoms with Gasteiger partial charge in [-0.2, -0.15) is 0 Å². The third kappa shape index (κ3) is 6.33. The molecular weight excluding hydrogens is 427 g/mol. The Morgan fingerprint density at radius 2 is 1.26 bits per heavy atom. The summed E-state index contributed by atoms with van der Waals surface area (Å²) in [6.07, 6.45) is 3.18. The van der Waals surface area contributed by atoms with E-state index in [9.17, 15) is 9.90 Å². The van der Waals surface area contributed by atoms with E-state index in [4.69, 9.17) is 0 Å². The first-order valence-corrected chi connectivity index (χ1v) is 7.12. The summed E-state index contributed by atoms with van der Waals surface area (Å²) in [5.74, 6) is -1.23. The third-order valence-electron chi connectivity index (χ3n) is 3.41. The average molecular weight is 451 g/mol. The average Bonchev–Trinajstić information content (AvgIpc) is 2.54. The molecule has 0 N–H and O–H groups in total. The molecule has 0 unspecified atom stereocenters. The van der Waals surface area contributed by atoms with Crippen LogP contribution in [0, 0.1) is 36.1 Å². The molecule has 3 heterocycles. The summed E-state index contributed by atoms with van der Waals surface area (Å²) in [5.41, 5.74) is 4.76. The Balaban J connectivity index is 0. The SMILES string of the molecule is Cc1ccnc(-c2cc(C)cc(-c3cc(C(=O)[O-])ccn3)n2)c1.[CH3-].[CH3-].[CH3-].[Ru+3]. The number of aromatic carboxylic acids is 1. The second-order valence-electron chi connectivity index (χ2n) is 5.35. The van der Waals surface area contributed by atoms with Crippen molar-refractivity contribution in [3.05, 3.63) is 87.8 Å². The first kappa shape index (κ1) is 26.8. The number of carboxylic acids is 1. The van der Waals surface area contributed by atoms with Gasteiger partial charge in [-0.25, -0.2) is 4.98 Å². The van der Waals surface area contributed by atoms with E-state index in [1.807, 2.05) is 38.1 Å². The van der Waals surface area contributed by atoms with Crippen molar-refractivity contribution in [1.82, 2.24) is 15.0 Å². The standard InChI is InChI=1S/C18H15N3O2.3CH3.Ru/c1-11-3-5-19-14(7-11)16-8-12(2)9-17(21-16)15-10-13(18(22)23)4-6-20-15;;;;/h3-10H,1-2H3,(H,22,23);3*1H3;/q;3*-1;+3/p-1. The van der Waals surface area contributed by atoms with Gasteiger partial charge >= 0.3 is 19.5 Å². The molecule has 5 nitrogen and oxygen atoms in total. The van der Waals surface area contributed by atoms with Gasteiger partial charge in [-0.05, 0) is 61.4 Å². The van der Waals surface area contributed by atoms with Crippen LogP contribution in [0.4, 0.5) is 0 Å². The van der Waals surface area contributed by atoms with Gasteiger partial charge in [0.05, 0.1) is 28.7 Å². The topological polar surface area (TPSA) is 78.8 Å². The Hall–Kier alpha value is -2.46. The molecule has 0 amide bonds. The molecule has 0 aromatic carbocycles. The van der Waals surface area contributed by atoms with Crippen LogP contribution < -0.4 is 5.11 Å². The Labute approximate surface area is 174 Å². The summed E-state index contributed by atoms with van der Waals surface area (Å²) in [7, 11) is 0. The van der Waals surface area contributed by atoms with E-state index in [1.165, 1.54) is 18.3 Å². The molecule has 6 heteroatoms. The van der Waals surface area contributed by atoms with E-state index in [0.29, 0.717) is 11.4 Å². The van der Waals surface area contributed by atoms with Crippen molar-refractivity contribution in [2.75, 3.05) is 0 Å². The summed E-state index contributed by atoms with van der Waals surface area (Å²) in [5, 5.41) is 11.0. The first-order valence-electron chi connectivity index (χ1n) is 7.12. The van der Waals surface area contributed by atoms with E-state index in [2.05, 4.69) is 15.0 Å². The summed E-state index contributed by atoms with van der Waals surface area (Å²) in [6.45, 7) is 3.94. The van der Waals surface area contributed by atoms with Gasteiger partial charge in [-0.15, -0.1) is 0 Å². The van der Waals surface area contributed by atoms with Crippen LogP contribution in [0.1, 0.15) is 21.5 Å². The molecule has 143 valence electrons. The van der Waals surface area contributed by atoms with E-state index in [-0.39, 0.29) is 47.3 Å². The fraction of sp³-hybridized carbons (Fsp3) is 0.0952. The number of aryl methyl sites for hydroxylation is 2. The van der Waals surface area contributed by atoms with Crippen molar-refractivity contribution < 1.29 is 29.4 Å². The smallest absolute Gasteiger partial charge is 0.545 e.